The molecule has 0 N–H and O–H groups in total. The standard InChI is InChI=1S/C41H61F6N3O8/c1-24-10-12-30-26(32(40(42,43)44)51-34-38(30)28(24)14-16-36(3,53-34)55-57-38)22-49(6)20-8-18-48(5)19-9-21-50(7)23-27-31-13-11-25(2)29-15-17-37(4)54-35(39(29,31)58-56-37)52-33(27)41(45,46)47/h24-25,28-31,34-35H,8-23H2,1-7H3/t24-,25-,28?,29?,30+,31+,34-,35-,36?,37?,38-,39-/m1/s1. The van der Waals surface area contributed by atoms with E-state index in [2.05, 4.69) is 18.7 Å². The van der Waals surface area contributed by atoms with Crippen molar-refractivity contribution in [1.29, 1.82) is 0 Å². The minimum Gasteiger partial charge on any atom is -0.456 e. The maximum absolute atomic E-state index is 14.7. The van der Waals surface area contributed by atoms with Gasteiger partial charge < -0.3 is 33.6 Å². The number of fused-ring (bicyclic) bond motifs is 4. The van der Waals surface area contributed by atoms with Gasteiger partial charge in [-0.1, -0.05) is 13.8 Å². The summed E-state index contributed by atoms with van der Waals surface area (Å²) in [6, 6.07) is 0. The van der Waals surface area contributed by atoms with E-state index >= 15 is 0 Å². The van der Waals surface area contributed by atoms with E-state index in [4.69, 9.17) is 38.5 Å². The minimum absolute atomic E-state index is 0.0645. The number of ether oxygens (including phenoxy) is 4. The van der Waals surface area contributed by atoms with Gasteiger partial charge in [-0.15, -0.1) is 0 Å². The molecular weight excluding hydrogens is 776 g/mol. The first-order valence-electron chi connectivity index (χ1n) is 21.3. The summed E-state index contributed by atoms with van der Waals surface area (Å²) in [4.78, 5) is 29.8. The SMILES string of the molecule is C[C@@H]1CC[C@H]2C(CN(C)CCCN(C)CCCN(C)CC3=C(C(F)(F)F)O[C@@H]4OC5(C)CCC6[C@H](C)CC[C@@H]3[C@]64OO5)=C(C(F)(F)F)O[C@@H]3OC4(C)CCC1[C@]32OO4. The Labute approximate surface area is 337 Å². The number of nitrogens with zero attached hydrogens (tertiary/aromatic N) is 3. The average molecular weight is 838 g/mol. The lowest BCUT2D eigenvalue weighted by molar-refractivity contribution is -0.557. The van der Waals surface area contributed by atoms with Crippen LogP contribution in [-0.4, -0.2) is 123 Å². The van der Waals surface area contributed by atoms with Crippen molar-refractivity contribution in [2.24, 2.45) is 35.5 Å². The third-order valence-electron chi connectivity index (χ3n) is 14.9. The molecule has 330 valence electrons. The van der Waals surface area contributed by atoms with Crippen LogP contribution in [0.25, 0.3) is 0 Å². The first-order chi connectivity index (χ1) is 27.2. The summed E-state index contributed by atoms with van der Waals surface area (Å²) in [5.41, 5.74) is -1.93. The van der Waals surface area contributed by atoms with Gasteiger partial charge in [0.05, 0.1) is 0 Å². The molecule has 8 fully saturated rings. The third kappa shape index (κ3) is 7.41. The van der Waals surface area contributed by atoms with Crippen molar-refractivity contribution in [3.05, 3.63) is 22.7 Å². The largest absolute Gasteiger partial charge is 0.456 e. The number of hydrogen-bond donors (Lipinski definition) is 0. The molecule has 4 bridgehead atoms. The molecule has 2 saturated carbocycles. The highest BCUT2D eigenvalue weighted by Gasteiger charge is 2.72. The van der Waals surface area contributed by atoms with Crippen LogP contribution in [0.2, 0.25) is 0 Å². The van der Waals surface area contributed by atoms with Gasteiger partial charge in [-0.05, 0) is 136 Å². The van der Waals surface area contributed by atoms with Crippen molar-refractivity contribution in [1.82, 2.24) is 14.7 Å². The smallest absolute Gasteiger partial charge is 0.449 e. The molecule has 0 radical (unpaired) electrons. The van der Waals surface area contributed by atoms with Gasteiger partial charge in [0.2, 0.25) is 35.7 Å². The summed E-state index contributed by atoms with van der Waals surface area (Å²) in [5, 5.41) is 0. The van der Waals surface area contributed by atoms with Crippen LogP contribution in [0, 0.1) is 35.5 Å². The number of halogens is 6. The molecule has 2 aliphatic carbocycles. The van der Waals surface area contributed by atoms with Gasteiger partial charge in [-0.2, -0.15) is 26.3 Å². The zero-order chi connectivity index (χ0) is 41.6. The Morgan fingerprint density at radius 1 is 0.552 bits per heavy atom. The lowest BCUT2D eigenvalue weighted by Gasteiger charge is -2.57. The van der Waals surface area contributed by atoms with Gasteiger partial charge in [0, 0.05) is 49.6 Å². The van der Waals surface area contributed by atoms with Crippen LogP contribution in [0.5, 0.6) is 0 Å². The highest BCUT2D eigenvalue weighted by molar-refractivity contribution is 5.30. The van der Waals surface area contributed by atoms with E-state index in [9.17, 15) is 26.3 Å². The average Bonchev–Trinajstić information content (AvgIpc) is 3.51. The lowest BCUT2D eigenvalue weighted by atomic mass is 9.59. The highest BCUT2D eigenvalue weighted by Crippen LogP contribution is 2.63. The molecule has 0 aromatic carbocycles. The van der Waals surface area contributed by atoms with E-state index in [1.54, 1.807) is 13.8 Å². The fourth-order valence-electron chi connectivity index (χ4n) is 11.9. The Hall–Kier alpha value is -1.70. The molecular formula is C41H61F6N3O8. The first-order valence-corrected chi connectivity index (χ1v) is 21.3. The molecule has 17 heteroatoms. The van der Waals surface area contributed by atoms with Crippen LogP contribution in [-0.2, 0) is 38.5 Å². The highest BCUT2D eigenvalue weighted by atomic mass is 19.4. The molecule has 6 saturated heterocycles. The molecule has 0 aromatic rings. The molecule has 2 spiro atoms. The summed E-state index contributed by atoms with van der Waals surface area (Å²) in [5.74, 6) is -5.15. The Balaban J connectivity index is 0.867. The summed E-state index contributed by atoms with van der Waals surface area (Å²) >= 11 is 0. The monoisotopic (exact) mass is 837 g/mol. The van der Waals surface area contributed by atoms with Crippen molar-refractivity contribution in [3.8, 4) is 0 Å². The number of likely N-dealkylation sites (N-methyl/N-ethyl adjacent to an activating group) is 2. The maximum atomic E-state index is 14.7. The number of allylic oxidation sites excluding steroid dienone is 2. The zero-order valence-corrected chi connectivity index (χ0v) is 34.8. The number of hydrogen-bond acceptors (Lipinski definition) is 11. The van der Waals surface area contributed by atoms with E-state index in [0.29, 0.717) is 77.5 Å². The Morgan fingerprint density at radius 2 is 0.931 bits per heavy atom. The molecule has 10 aliphatic rings. The maximum Gasteiger partial charge on any atom is 0.449 e. The fourth-order valence-corrected chi connectivity index (χ4v) is 11.9. The Bertz CT molecular complexity index is 1500. The molecule has 58 heavy (non-hydrogen) atoms. The topological polar surface area (TPSA) is 83.6 Å². The van der Waals surface area contributed by atoms with E-state index in [1.807, 2.05) is 30.9 Å². The van der Waals surface area contributed by atoms with Crippen molar-refractivity contribution in [2.75, 3.05) is 60.4 Å². The van der Waals surface area contributed by atoms with Crippen molar-refractivity contribution >= 4 is 0 Å². The Kier molecular flexibility index (Phi) is 11.3. The summed E-state index contributed by atoms with van der Waals surface area (Å²) in [6.07, 6.45) is -5.41. The second kappa shape index (κ2) is 15.3. The van der Waals surface area contributed by atoms with Crippen molar-refractivity contribution in [2.45, 2.75) is 140 Å². The van der Waals surface area contributed by atoms with Crippen molar-refractivity contribution in [3.63, 3.8) is 0 Å². The van der Waals surface area contributed by atoms with Gasteiger partial charge >= 0.3 is 12.4 Å². The molecule has 8 heterocycles. The fraction of sp³-hybridized carbons (Fsp3) is 0.902. The normalized spacial score (nSPS) is 42.3. The first kappa shape index (κ1) is 43.0. The van der Waals surface area contributed by atoms with Crippen LogP contribution in [0.1, 0.15) is 91.9 Å². The van der Waals surface area contributed by atoms with Crippen molar-refractivity contribution < 1.29 is 64.8 Å². The van der Waals surface area contributed by atoms with Gasteiger partial charge in [-0.3, -0.25) is 0 Å². The van der Waals surface area contributed by atoms with Crippen LogP contribution in [0.15, 0.2) is 22.7 Å². The van der Waals surface area contributed by atoms with Crippen LogP contribution in [0.3, 0.4) is 0 Å². The molecule has 4 unspecified atom stereocenters. The predicted molar refractivity (Wildman–Crippen MR) is 196 cm³/mol. The summed E-state index contributed by atoms with van der Waals surface area (Å²) in [6.45, 7) is 10.2. The van der Waals surface area contributed by atoms with Gasteiger partial charge in [-0.25, -0.2) is 19.6 Å². The van der Waals surface area contributed by atoms with Crippen LogP contribution in [0.4, 0.5) is 26.3 Å². The quantitative estimate of drug-likeness (QED) is 0.143. The van der Waals surface area contributed by atoms with E-state index < -0.39 is 71.1 Å². The lowest BCUT2D eigenvalue weighted by Crippen LogP contribution is -2.67. The zero-order valence-electron chi connectivity index (χ0n) is 34.8. The molecule has 8 aliphatic heterocycles. The second-order valence-corrected chi connectivity index (χ2v) is 19.1. The molecule has 11 nitrogen and oxygen atoms in total. The second-order valence-electron chi connectivity index (χ2n) is 19.1. The number of rotatable bonds is 12. The molecule has 10 rings (SSSR count). The van der Waals surface area contributed by atoms with Crippen LogP contribution >= 0.6 is 0 Å². The summed E-state index contributed by atoms with van der Waals surface area (Å²) < 4.78 is 112. The Morgan fingerprint density at radius 3 is 1.31 bits per heavy atom. The predicted octanol–water partition coefficient (Wildman–Crippen LogP) is 7.69. The number of alkyl halides is 6. The molecule has 0 amide bonds. The third-order valence-corrected chi connectivity index (χ3v) is 14.9. The van der Waals surface area contributed by atoms with E-state index in [0.717, 1.165) is 12.8 Å². The molecule has 0 aromatic heterocycles. The summed E-state index contributed by atoms with van der Waals surface area (Å²) in [7, 11) is 5.62. The van der Waals surface area contributed by atoms with E-state index in [1.165, 1.54) is 0 Å². The van der Waals surface area contributed by atoms with E-state index in [-0.39, 0.29) is 47.9 Å². The van der Waals surface area contributed by atoms with Gasteiger partial charge in [0.1, 0.15) is 0 Å². The van der Waals surface area contributed by atoms with Crippen LogP contribution < -0.4 is 0 Å². The van der Waals surface area contributed by atoms with Gasteiger partial charge in [0.25, 0.3) is 0 Å². The van der Waals surface area contributed by atoms with Gasteiger partial charge in [0.15, 0.2) is 11.2 Å². The minimum atomic E-state index is -4.70. The molecule has 12 atom stereocenters.